The van der Waals surface area contributed by atoms with E-state index in [-0.39, 0.29) is 61.4 Å². The summed E-state index contributed by atoms with van der Waals surface area (Å²) < 4.78 is 0. The Balaban J connectivity index is 0.00000169. The first-order chi connectivity index (χ1) is 10.9. The van der Waals surface area contributed by atoms with E-state index in [1.54, 1.807) is 6.92 Å². The predicted molar refractivity (Wildman–Crippen MR) is 91.9 cm³/mol. The third-order valence-corrected chi connectivity index (χ3v) is 8.04. The molecule has 24 heavy (non-hydrogen) atoms. The number of carbonyl (C=O) groups is 1. The molecule has 2 nitrogen and oxygen atoms in total. The average Bonchev–Trinajstić information content (AvgIpc) is 2.85. The third-order valence-electron chi connectivity index (χ3n) is 8.04. The van der Waals surface area contributed by atoms with E-state index in [0.717, 1.165) is 50.0 Å². The molecule has 0 spiro atoms. The predicted octanol–water partition coefficient (Wildman–Crippen LogP) is 4.44. The number of fused-ring (bicyclic) bond motifs is 5. The first-order valence-corrected chi connectivity index (χ1v) is 9.45. The van der Waals surface area contributed by atoms with Gasteiger partial charge in [0.2, 0.25) is 0 Å². The van der Waals surface area contributed by atoms with Crippen molar-refractivity contribution in [3.05, 3.63) is 23.3 Å². The maximum absolute atomic E-state index is 12.1. The van der Waals surface area contributed by atoms with E-state index < -0.39 is 0 Å². The van der Waals surface area contributed by atoms with E-state index >= 15 is 0 Å². The van der Waals surface area contributed by atoms with E-state index in [4.69, 9.17) is 0 Å². The van der Waals surface area contributed by atoms with Crippen molar-refractivity contribution in [1.29, 1.82) is 0 Å². The Morgan fingerprint density at radius 2 is 1.79 bits per heavy atom. The Bertz CT molecular complexity index is 607. The third kappa shape index (κ3) is 2.68. The Morgan fingerprint density at radius 3 is 2.50 bits per heavy atom. The maximum Gasteiger partial charge on any atom is 0.156 e. The topological polar surface area (TPSA) is 37.3 Å². The molecular weight excluding hydrogens is 511 g/mol. The molecule has 0 aromatic rings. The van der Waals surface area contributed by atoms with Crippen LogP contribution in [0, 0.1) is 72.6 Å². The fourth-order valence-electron chi connectivity index (χ4n) is 6.75. The number of hydrogen-bond donors (Lipinski definition) is 1. The van der Waals surface area contributed by atoms with Crippen molar-refractivity contribution in [2.24, 2.45) is 28.6 Å². The molecule has 0 aromatic heterocycles. The van der Waals surface area contributed by atoms with E-state index in [1.807, 2.05) is 0 Å². The summed E-state index contributed by atoms with van der Waals surface area (Å²) in [6, 6.07) is 0. The summed E-state index contributed by atoms with van der Waals surface area (Å²) in [5, 5.41) is 10.1. The summed E-state index contributed by atoms with van der Waals surface area (Å²) in [7, 11) is 0. The van der Waals surface area contributed by atoms with Gasteiger partial charge in [-0.05, 0) is 86.0 Å². The van der Waals surface area contributed by atoms with Gasteiger partial charge in [0.15, 0.2) is 5.78 Å². The molecule has 4 aliphatic rings. The van der Waals surface area contributed by atoms with Crippen molar-refractivity contribution < 1.29 is 54.0 Å². The molecule has 6 atom stereocenters. The molecule has 4 unspecified atom stereocenters. The van der Waals surface area contributed by atoms with E-state index in [2.05, 4.69) is 26.0 Å². The van der Waals surface area contributed by atoms with Crippen molar-refractivity contribution in [3.63, 3.8) is 0 Å². The zero-order valence-corrected chi connectivity index (χ0v) is 20.1. The van der Waals surface area contributed by atoms with E-state index in [0.29, 0.717) is 17.3 Å². The Morgan fingerprint density at radius 1 is 1.08 bits per heavy atom. The summed E-state index contributed by atoms with van der Waals surface area (Å²) in [4.78, 5) is 12.1. The van der Waals surface area contributed by atoms with Gasteiger partial charge in [0, 0.05) is 44.1 Å². The summed E-state index contributed by atoms with van der Waals surface area (Å²) >= 11 is 0. The number of rotatable bonds is 1. The number of aliphatic hydroxyl groups excluding tert-OH is 1. The minimum absolute atomic E-state index is 0. The molecular formula is C21H30AcO2. The normalized spacial score (nSPS) is 46.7. The first-order valence-electron chi connectivity index (χ1n) is 9.45. The van der Waals surface area contributed by atoms with Crippen LogP contribution in [0.15, 0.2) is 23.3 Å². The van der Waals surface area contributed by atoms with Gasteiger partial charge >= 0.3 is 0 Å². The van der Waals surface area contributed by atoms with Gasteiger partial charge in [-0.1, -0.05) is 31.6 Å². The van der Waals surface area contributed by atoms with E-state index in [1.165, 1.54) is 12.0 Å². The molecule has 4 aliphatic carbocycles. The summed E-state index contributed by atoms with van der Waals surface area (Å²) in [5.74, 6) is 2.38. The Kier molecular flexibility index (Phi) is 5.32. The molecule has 1 radical (unpaired) electrons. The number of hydrogen-bond acceptors (Lipinski definition) is 2. The Labute approximate surface area is 182 Å². The molecule has 0 amide bonds. The Hall–Kier alpha value is 0.552. The van der Waals surface area contributed by atoms with Crippen molar-refractivity contribution in [1.82, 2.24) is 0 Å². The second kappa shape index (κ2) is 6.62. The quantitative estimate of drug-likeness (QED) is 0.499. The molecule has 1 N–H and O–H groups in total. The standard InChI is InChI=1S/C21H30O2.Ac/c1-13(22)17-6-7-18-16-5-4-14-12-15(23)8-10-20(14,2)19(16)9-11-21(17,18)3;/h4,6,15-16,18-19,23H,5,7-12H2,1-3H3;/t15?,16?,18?,19?,20-,21+;/m0./s1. The number of Topliss-reactive ketones (excluding diaryl/α,β-unsaturated/α-hetero) is 1. The van der Waals surface area contributed by atoms with Crippen molar-refractivity contribution in [2.75, 3.05) is 0 Å². The van der Waals surface area contributed by atoms with Crippen molar-refractivity contribution in [3.8, 4) is 0 Å². The van der Waals surface area contributed by atoms with Crippen LogP contribution >= 0.6 is 0 Å². The van der Waals surface area contributed by atoms with Crippen LogP contribution in [-0.4, -0.2) is 17.0 Å². The largest absolute Gasteiger partial charge is 0.393 e. The molecule has 0 bridgehead atoms. The maximum atomic E-state index is 12.1. The fourth-order valence-corrected chi connectivity index (χ4v) is 6.75. The fraction of sp³-hybridized carbons (Fsp3) is 0.762. The van der Waals surface area contributed by atoms with Gasteiger partial charge < -0.3 is 5.11 Å². The molecule has 0 heterocycles. The zero-order valence-electron chi connectivity index (χ0n) is 15.3. The van der Waals surface area contributed by atoms with Gasteiger partial charge in [-0.15, -0.1) is 0 Å². The van der Waals surface area contributed by atoms with Crippen LogP contribution < -0.4 is 0 Å². The van der Waals surface area contributed by atoms with Gasteiger partial charge in [-0.3, -0.25) is 4.79 Å². The van der Waals surface area contributed by atoms with Crippen LogP contribution in [0.4, 0.5) is 0 Å². The molecule has 129 valence electrons. The SMILES string of the molecule is CC(=O)C1=CCC2C3CC=C4CC(O)CC[C@]4(C)C3CC[C@]12C.[Ac]. The van der Waals surface area contributed by atoms with Crippen LogP contribution in [0.3, 0.4) is 0 Å². The zero-order chi connectivity index (χ0) is 16.4. The molecule has 0 aliphatic heterocycles. The molecule has 3 heteroatoms. The van der Waals surface area contributed by atoms with Crippen molar-refractivity contribution in [2.45, 2.75) is 71.8 Å². The first kappa shape index (κ1) is 19.3. The molecule has 0 saturated heterocycles. The van der Waals surface area contributed by atoms with Crippen LogP contribution in [0.5, 0.6) is 0 Å². The van der Waals surface area contributed by atoms with Gasteiger partial charge in [-0.2, -0.15) is 0 Å². The van der Waals surface area contributed by atoms with Gasteiger partial charge in [0.05, 0.1) is 6.10 Å². The number of carbonyl (C=O) groups excluding carboxylic acids is 1. The van der Waals surface area contributed by atoms with Crippen LogP contribution in [-0.2, 0) is 4.79 Å². The monoisotopic (exact) mass is 541 g/mol. The molecule has 4 rings (SSSR count). The second-order valence-electron chi connectivity index (χ2n) is 9.02. The summed E-state index contributed by atoms with van der Waals surface area (Å²) in [6.45, 7) is 6.55. The molecule has 2 saturated carbocycles. The summed E-state index contributed by atoms with van der Waals surface area (Å²) in [5.41, 5.74) is 3.05. The summed E-state index contributed by atoms with van der Waals surface area (Å²) in [6.07, 6.45) is 12.2. The second-order valence-corrected chi connectivity index (χ2v) is 9.02. The molecule has 2 fully saturated rings. The smallest absolute Gasteiger partial charge is 0.156 e. The van der Waals surface area contributed by atoms with Crippen LogP contribution in [0.2, 0.25) is 0 Å². The number of allylic oxidation sites excluding steroid dienone is 3. The van der Waals surface area contributed by atoms with Crippen LogP contribution in [0.1, 0.15) is 65.7 Å². The minimum atomic E-state index is -0.128. The van der Waals surface area contributed by atoms with Gasteiger partial charge in [-0.25, -0.2) is 0 Å². The number of ketones is 1. The number of aliphatic hydroxyl groups is 1. The van der Waals surface area contributed by atoms with Gasteiger partial charge in [0.25, 0.3) is 0 Å². The van der Waals surface area contributed by atoms with Crippen molar-refractivity contribution >= 4 is 5.78 Å². The van der Waals surface area contributed by atoms with E-state index in [9.17, 15) is 9.90 Å². The molecule has 0 aromatic carbocycles. The average molecular weight is 541 g/mol. The minimum Gasteiger partial charge on any atom is -0.393 e. The van der Waals surface area contributed by atoms with Gasteiger partial charge in [0.1, 0.15) is 0 Å². The van der Waals surface area contributed by atoms with Crippen LogP contribution in [0.25, 0.3) is 0 Å².